The highest BCUT2D eigenvalue weighted by atomic mass is 16.3. The van der Waals surface area contributed by atoms with Gasteiger partial charge in [0.2, 0.25) is 0 Å². The summed E-state index contributed by atoms with van der Waals surface area (Å²) < 4.78 is 1.70. The molecule has 3 rings (SSSR count). The van der Waals surface area contributed by atoms with E-state index >= 15 is 0 Å². The number of nitrogens with zero attached hydrogens (tertiary/aromatic N) is 5. The van der Waals surface area contributed by atoms with Crippen LogP contribution < -0.4 is 0 Å². The molecule has 0 aromatic carbocycles. The highest BCUT2D eigenvalue weighted by Gasteiger charge is 2.30. The lowest BCUT2D eigenvalue weighted by molar-refractivity contribution is 0.0720. The first-order valence-corrected chi connectivity index (χ1v) is 7.96. The van der Waals surface area contributed by atoms with Crippen molar-refractivity contribution in [2.24, 2.45) is 0 Å². The molecule has 1 amide bonds. The van der Waals surface area contributed by atoms with Gasteiger partial charge in [0.05, 0.1) is 31.0 Å². The number of hydrogen-bond donors (Lipinski definition) is 1. The molecule has 0 spiro atoms. The lowest BCUT2D eigenvalue weighted by Gasteiger charge is -2.24. The maximum absolute atomic E-state index is 12.8. The van der Waals surface area contributed by atoms with E-state index in [1.807, 2.05) is 17.9 Å². The van der Waals surface area contributed by atoms with Crippen molar-refractivity contribution in [3.05, 3.63) is 41.5 Å². The summed E-state index contributed by atoms with van der Waals surface area (Å²) in [5.74, 6) is 0.0257. The first-order valence-electron chi connectivity index (χ1n) is 7.96. The van der Waals surface area contributed by atoms with Crippen LogP contribution >= 0.6 is 0 Å². The van der Waals surface area contributed by atoms with Gasteiger partial charge in [0.15, 0.2) is 0 Å². The van der Waals surface area contributed by atoms with Crippen LogP contribution in [0.2, 0.25) is 0 Å². The zero-order chi connectivity index (χ0) is 16.2. The Morgan fingerprint density at radius 2 is 2.30 bits per heavy atom. The second-order valence-corrected chi connectivity index (χ2v) is 5.82. The average molecular weight is 315 g/mol. The van der Waals surface area contributed by atoms with Crippen LogP contribution in [0.3, 0.4) is 0 Å². The van der Waals surface area contributed by atoms with Crippen molar-refractivity contribution >= 4 is 5.91 Å². The summed E-state index contributed by atoms with van der Waals surface area (Å²) in [6, 6.07) is 2.02. The van der Waals surface area contributed by atoms with Crippen LogP contribution in [0.25, 0.3) is 0 Å². The van der Waals surface area contributed by atoms with E-state index in [1.54, 1.807) is 23.3 Å². The molecule has 0 saturated carbocycles. The molecular formula is C16H21N5O2. The minimum absolute atomic E-state index is 0.0257. The maximum atomic E-state index is 12.8. The third-order valence-electron chi connectivity index (χ3n) is 4.23. The highest BCUT2D eigenvalue weighted by Crippen LogP contribution is 2.21. The number of rotatable bonds is 5. The van der Waals surface area contributed by atoms with Crippen LogP contribution in [0.1, 0.15) is 41.4 Å². The number of aromatic nitrogens is 4. The molecule has 1 N–H and O–H groups in total. The highest BCUT2D eigenvalue weighted by molar-refractivity contribution is 5.94. The lowest BCUT2D eigenvalue weighted by Crippen LogP contribution is -2.38. The molecule has 1 atom stereocenters. The Morgan fingerprint density at radius 1 is 1.43 bits per heavy atom. The fourth-order valence-electron chi connectivity index (χ4n) is 2.97. The molecule has 3 heterocycles. The predicted molar refractivity (Wildman–Crippen MR) is 83.6 cm³/mol. The molecule has 7 heteroatoms. The number of aliphatic hydroxyl groups is 1. The fourth-order valence-corrected chi connectivity index (χ4v) is 2.97. The zero-order valence-corrected chi connectivity index (χ0v) is 13.2. The summed E-state index contributed by atoms with van der Waals surface area (Å²) >= 11 is 0. The van der Waals surface area contributed by atoms with E-state index in [4.69, 9.17) is 5.11 Å². The molecule has 0 radical (unpaired) electrons. The minimum atomic E-state index is -0.122. The molecule has 1 saturated heterocycles. The van der Waals surface area contributed by atoms with Crippen molar-refractivity contribution in [3.63, 3.8) is 0 Å². The third-order valence-corrected chi connectivity index (χ3v) is 4.23. The number of carbonyl (C=O) groups excluding carboxylic acids is 1. The number of hydrogen-bond acceptors (Lipinski definition) is 5. The van der Waals surface area contributed by atoms with Crippen molar-refractivity contribution in [1.82, 2.24) is 24.9 Å². The van der Waals surface area contributed by atoms with Gasteiger partial charge >= 0.3 is 0 Å². The number of aryl methyl sites for hydroxylation is 1. The van der Waals surface area contributed by atoms with E-state index in [-0.39, 0.29) is 18.6 Å². The summed E-state index contributed by atoms with van der Waals surface area (Å²) in [7, 11) is 0. The zero-order valence-electron chi connectivity index (χ0n) is 13.2. The number of carbonyl (C=O) groups is 1. The van der Waals surface area contributed by atoms with Gasteiger partial charge in [-0.25, -0.2) is 0 Å². The average Bonchev–Trinajstić information content (AvgIpc) is 3.24. The second-order valence-electron chi connectivity index (χ2n) is 5.82. The van der Waals surface area contributed by atoms with Gasteiger partial charge in [0.1, 0.15) is 5.69 Å². The summed E-state index contributed by atoms with van der Waals surface area (Å²) in [4.78, 5) is 18.8. The minimum Gasteiger partial charge on any atom is -0.390 e. The first kappa shape index (κ1) is 15.6. The van der Waals surface area contributed by atoms with Crippen molar-refractivity contribution in [3.8, 4) is 0 Å². The normalized spacial score (nSPS) is 17.7. The van der Waals surface area contributed by atoms with E-state index in [2.05, 4.69) is 15.3 Å². The summed E-state index contributed by atoms with van der Waals surface area (Å²) in [6.45, 7) is 3.28. The molecule has 122 valence electrons. The third kappa shape index (κ3) is 3.39. The van der Waals surface area contributed by atoms with Crippen LogP contribution in [0.15, 0.2) is 24.7 Å². The monoisotopic (exact) mass is 315 g/mol. The Labute approximate surface area is 134 Å². The SMILES string of the molecule is CCc1cncc(C(=O)N2CCC[C@H]2Cn2cc(CO)nn2)c1. The van der Waals surface area contributed by atoms with Crippen LogP contribution in [-0.2, 0) is 19.6 Å². The predicted octanol–water partition coefficient (Wildman–Crippen LogP) is 1.03. The van der Waals surface area contributed by atoms with Crippen LogP contribution in [0, 0.1) is 0 Å². The molecule has 7 nitrogen and oxygen atoms in total. The van der Waals surface area contributed by atoms with Crippen molar-refractivity contribution in [2.45, 2.75) is 45.4 Å². The molecule has 1 aliphatic rings. The van der Waals surface area contributed by atoms with Gasteiger partial charge in [-0.2, -0.15) is 0 Å². The first-order chi connectivity index (χ1) is 11.2. The van der Waals surface area contributed by atoms with Gasteiger partial charge in [-0.05, 0) is 30.9 Å². The van der Waals surface area contributed by atoms with E-state index in [9.17, 15) is 4.79 Å². The van der Waals surface area contributed by atoms with Crippen LogP contribution in [0.4, 0.5) is 0 Å². The molecular weight excluding hydrogens is 294 g/mol. The Morgan fingerprint density at radius 3 is 3.04 bits per heavy atom. The van der Waals surface area contributed by atoms with Gasteiger partial charge in [-0.15, -0.1) is 5.10 Å². The number of aliphatic hydroxyl groups excluding tert-OH is 1. The lowest BCUT2D eigenvalue weighted by atomic mass is 10.1. The largest absolute Gasteiger partial charge is 0.390 e. The molecule has 2 aromatic rings. The summed E-state index contributed by atoms with van der Waals surface area (Å²) in [5, 5.41) is 16.9. The fraction of sp³-hybridized carbons (Fsp3) is 0.500. The van der Waals surface area contributed by atoms with Crippen LogP contribution in [0.5, 0.6) is 0 Å². The van der Waals surface area contributed by atoms with E-state index in [1.165, 1.54) is 0 Å². The standard InChI is InChI=1S/C16H21N5O2/c1-2-12-6-13(8-17-7-12)16(23)21-5-3-4-15(21)10-20-9-14(11-22)18-19-20/h6-9,15,22H,2-5,10-11H2,1H3/t15-/m0/s1. The van der Waals surface area contributed by atoms with Gasteiger partial charge in [-0.1, -0.05) is 12.1 Å². The van der Waals surface area contributed by atoms with E-state index in [0.717, 1.165) is 31.4 Å². The Bertz CT molecular complexity index is 685. The van der Waals surface area contributed by atoms with Crippen molar-refractivity contribution in [1.29, 1.82) is 0 Å². The number of likely N-dealkylation sites (tertiary alicyclic amines) is 1. The van der Waals surface area contributed by atoms with Gasteiger partial charge < -0.3 is 10.0 Å². The van der Waals surface area contributed by atoms with Crippen molar-refractivity contribution in [2.75, 3.05) is 6.54 Å². The summed E-state index contributed by atoms with van der Waals surface area (Å²) in [5.41, 5.74) is 2.25. The molecule has 2 aromatic heterocycles. The molecule has 0 unspecified atom stereocenters. The number of pyridine rings is 1. The Kier molecular flexibility index (Phi) is 4.66. The van der Waals surface area contributed by atoms with Gasteiger partial charge in [0, 0.05) is 18.9 Å². The molecule has 0 bridgehead atoms. The number of amides is 1. The second kappa shape index (κ2) is 6.87. The van der Waals surface area contributed by atoms with Gasteiger partial charge in [-0.3, -0.25) is 14.5 Å². The molecule has 1 fully saturated rings. The molecule has 0 aliphatic carbocycles. The van der Waals surface area contributed by atoms with Gasteiger partial charge in [0.25, 0.3) is 5.91 Å². The topological polar surface area (TPSA) is 84.1 Å². The quantitative estimate of drug-likeness (QED) is 0.891. The van der Waals surface area contributed by atoms with Crippen molar-refractivity contribution < 1.29 is 9.90 Å². The smallest absolute Gasteiger partial charge is 0.255 e. The van der Waals surface area contributed by atoms with E-state index < -0.39 is 0 Å². The summed E-state index contributed by atoms with van der Waals surface area (Å²) in [6.07, 6.45) is 7.95. The molecule has 23 heavy (non-hydrogen) atoms. The van der Waals surface area contributed by atoms with Crippen LogP contribution in [-0.4, -0.2) is 48.5 Å². The van der Waals surface area contributed by atoms with E-state index in [0.29, 0.717) is 17.8 Å². The maximum Gasteiger partial charge on any atom is 0.255 e. The Balaban J connectivity index is 1.73. The Hall–Kier alpha value is -2.28. The molecule has 1 aliphatic heterocycles.